The number of benzene rings is 1. The van der Waals surface area contributed by atoms with Crippen LogP contribution in [0.25, 0.3) is 0 Å². The summed E-state index contributed by atoms with van der Waals surface area (Å²) >= 11 is 0. The van der Waals surface area contributed by atoms with Crippen LogP contribution < -0.4 is 20.7 Å². The van der Waals surface area contributed by atoms with E-state index in [1.54, 1.807) is 19.2 Å². The van der Waals surface area contributed by atoms with Crippen LogP contribution in [0.1, 0.15) is 33.6 Å². The molecule has 0 spiro atoms. The van der Waals surface area contributed by atoms with E-state index in [1.165, 1.54) is 12.1 Å². The number of hydrogen-bond acceptors (Lipinski definition) is 3. The molecule has 0 fully saturated rings. The Balaban J connectivity index is 2.27. The molecule has 1 aromatic carbocycles. The maximum atomic E-state index is 12.9. The summed E-state index contributed by atoms with van der Waals surface area (Å²) in [6.07, 6.45) is 1.17. The Kier molecular flexibility index (Phi) is 9.36. The van der Waals surface area contributed by atoms with Crippen LogP contribution in [0.4, 0.5) is 4.39 Å². The molecule has 140 valence electrons. The maximum absolute atomic E-state index is 12.9. The number of rotatable bonds is 9. The monoisotopic (exact) mass is 352 g/mol. The molecule has 0 aliphatic heterocycles. The molecule has 0 aliphatic rings. The van der Waals surface area contributed by atoms with Gasteiger partial charge in [-0.2, -0.15) is 0 Å². The van der Waals surface area contributed by atoms with Crippen molar-refractivity contribution in [3.05, 3.63) is 30.1 Å². The molecule has 1 rings (SSSR count). The summed E-state index contributed by atoms with van der Waals surface area (Å²) in [5, 5.41) is 9.14. The van der Waals surface area contributed by atoms with E-state index in [2.05, 4.69) is 20.9 Å². The minimum absolute atomic E-state index is 0.0188. The average molecular weight is 352 g/mol. The third-order valence-corrected chi connectivity index (χ3v) is 3.60. The summed E-state index contributed by atoms with van der Waals surface area (Å²) < 4.78 is 18.6. The van der Waals surface area contributed by atoms with Gasteiger partial charge < -0.3 is 20.7 Å². The zero-order chi connectivity index (χ0) is 18.7. The van der Waals surface area contributed by atoms with E-state index in [0.29, 0.717) is 31.2 Å². The summed E-state index contributed by atoms with van der Waals surface area (Å²) in [7, 11) is 1.67. The Labute approximate surface area is 149 Å². The number of nitrogens with zero attached hydrogens (tertiary/aromatic N) is 1. The standard InChI is InChI=1S/C18H29FN4O2/c1-5-13(2)23-17(24)10-11-21-18(20-4)22-12-14(3)25-16-8-6-15(19)7-9-16/h6-9,13-14H,5,10-12H2,1-4H3,(H,23,24)(H2,20,21,22). The summed E-state index contributed by atoms with van der Waals surface area (Å²) in [5.74, 6) is 0.941. The smallest absolute Gasteiger partial charge is 0.221 e. The zero-order valence-electron chi connectivity index (χ0n) is 15.4. The fourth-order valence-corrected chi connectivity index (χ4v) is 1.99. The Morgan fingerprint density at radius 2 is 1.92 bits per heavy atom. The van der Waals surface area contributed by atoms with E-state index in [4.69, 9.17) is 4.74 Å². The van der Waals surface area contributed by atoms with Crippen molar-refractivity contribution in [3.8, 4) is 5.75 Å². The lowest BCUT2D eigenvalue weighted by molar-refractivity contribution is -0.121. The van der Waals surface area contributed by atoms with Crippen LogP contribution in [-0.4, -0.2) is 44.1 Å². The molecule has 6 nitrogen and oxygen atoms in total. The first kappa shape index (κ1) is 20.7. The molecule has 0 saturated heterocycles. The topological polar surface area (TPSA) is 74.8 Å². The van der Waals surface area contributed by atoms with Gasteiger partial charge in [0.25, 0.3) is 0 Å². The molecular weight excluding hydrogens is 323 g/mol. The summed E-state index contributed by atoms with van der Waals surface area (Å²) in [6.45, 7) is 6.94. The molecule has 3 N–H and O–H groups in total. The molecule has 1 aromatic rings. The first-order chi connectivity index (χ1) is 11.9. The largest absolute Gasteiger partial charge is 0.489 e. The van der Waals surface area contributed by atoms with E-state index in [0.717, 1.165) is 6.42 Å². The molecule has 7 heteroatoms. The van der Waals surface area contributed by atoms with Crippen LogP contribution >= 0.6 is 0 Å². The highest BCUT2D eigenvalue weighted by Gasteiger charge is 2.08. The van der Waals surface area contributed by atoms with Crippen molar-refractivity contribution < 1.29 is 13.9 Å². The third-order valence-electron chi connectivity index (χ3n) is 3.60. The van der Waals surface area contributed by atoms with Gasteiger partial charge in [-0.3, -0.25) is 9.79 Å². The SMILES string of the molecule is CCC(C)NC(=O)CCNC(=NC)NCC(C)Oc1ccc(F)cc1. The summed E-state index contributed by atoms with van der Waals surface area (Å²) in [5.41, 5.74) is 0. The number of amides is 1. The number of hydrogen-bond donors (Lipinski definition) is 3. The second-order valence-corrected chi connectivity index (χ2v) is 5.89. The van der Waals surface area contributed by atoms with Gasteiger partial charge in [0.2, 0.25) is 5.91 Å². The number of nitrogens with one attached hydrogen (secondary N) is 3. The van der Waals surface area contributed by atoms with E-state index < -0.39 is 0 Å². The Hall–Kier alpha value is -2.31. The van der Waals surface area contributed by atoms with Crippen molar-refractivity contribution in [1.29, 1.82) is 0 Å². The van der Waals surface area contributed by atoms with Gasteiger partial charge >= 0.3 is 0 Å². The Bertz CT molecular complexity index is 549. The van der Waals surface area contributed by atoms with Crippen molar-refractivity contribution in [2.24, 2.45) is 4.99 Å². The molecule has 0 radical (unpaired) electrons. The quantitative estimate of drug-likeness (QED) is 0.470. The second kappa shape index (κ2) is 11.3. The number of ether oxygens (including phenoxy) is 1. The van der Waals surface area contributed by atoms with Gasteiger partial charge in [-0.1, -0.05) is 6.92 Å². The zero-order valence-corrected chi connectivity index (χ0v) is 15.4. The molecule has 25 heavy (non-hydrogen) atoms. The molecular formula is C18H29FN4O2. The number of halogens is 1. The van der Waals surface area contributed by atoms with Crippen molar-refractivity contribution in [3.63, 3.8) is 0 Å². The molecule has 2 atom stereocenters. The van der Waals surface area contributed by atoms with Crippen LogP contribution in [0, 0.1) is 5.82 Å². The van der Waals surface area contributed by atoms with Crippen molar-refractivity contribution in [2.75, 3.05) is 20.1 Å². The lowest BCUT2D eigenvalue weighted by Crippen LogP contribution is -2.43. The predicted molar refractivity (Wildman–Crippen MR) is 98.4 cm³/mol. The first-order valence-electron chi connectivity index (χ1n) is 8.60. The van der Waals surface area contributed by atoms with Crippen LogP contribution in [0.3, 0.4) is 0 Å². The van der Waals surface area contributed by atoms with Gasteiger partial charge in [0.05, 0.1) is 6.54 Å². The Morgan fingerprint density at radius 3 is 2.52 bits per heavy atom. The normalized spacial score (nSPS) is 13.7. The van der Waals surface area contributed by atoms with Gasteiger partial charge in [0, 0.05) is 26.1 Å². The lowest BCUT2D eigenvalue weighted by Gasteiger charge is -2.18. The van der Waals surface area contributed by atoms with Gasteiger partial charge in [0.15, 0.2) is 5.96 Å². The highest BCUT2D eigenvalue weighted by atomic mass is 19.1. The average Bonchev–Trinajstić information content (AvgIpc) is 2.59. The molecule has 2 unspecified atom stereocenters. The fraction of sp³-hybridized carbons (Fsp3) is 0.556. The molecule has 0 aliphatic carbocycles. The van der Waals surface area contributed by atoms with Crippen molar-refractivity contribution >= 4 is 11.9 Å². The van der Waals surface area contributed by atoms with E-state index in [9.17, 15) is 9.18 Å². The van der Waals surface area contributed by atoms with Gasteiger partial charge in [0.1, 0.15) is 17.7 Å². The summed E-state index contributed by atoms with van der Waals surface area (Å²) in [4.78, 5) is 15.8. The number of carbonyl (C=O) groups excluding carboxylic acids is 1. The van der Waals surface area contributed by atoms with E-state index >= 15 is 0 Å². The molecule has 0 aromatic heterocycles. The Morgan fingerprint density at radius 1 is 1.24 bits per heavy atom. The molecule has 1 amide bonds. The number of aliphatic imine (C=N–C) groups is 1. The van der Waals surface area contributed by atoms with E-state index in [-0.39, 0.29) is 23.9 Å². The van der Waals surface area contributed by atoms with Gasteiger partial charge in [-0.25, -0.2) is 4.39 Å². The molecule has 0 saturated carbocycles. The second-order valence-electron chi connectivity index (χ2n) is 5.89. The van der Waals surface area contributed by atoms with Crippen LogP contribution in [0.5, 0.6) is 5.75 Å². The van der Waals surface area contributed by atoms with Crippen LogP contribution in [0.2, 0.25) is 0 Å². The third kappa shape index (κ3) is 8.93. The number of guanidine groups is 1. The highest BCUT2D eigenvalue weighted by molar-refractivity contribution is 5.81. The highest BCUT2D eigenvalue weighted by Crippen LogP contribution is 2.12. The maximum Gasteiger partial charge on any atom is 0.221 e. The van der Waals surface area contributed by atoms with Gasteiger partial charge in [-0.05, 0) is 44.5 Å². The van der Waals surface area contributed by atoms with E-state index in [1.807, 2.05) is 20.8 Å². The van der Waals surface area contributed by atoms with Crippen molar-refractivity contribution in [1.82, 2.24) is 16.0 Å². The predicted octanol–water partition coefficient (Wildman–Crippen LogP) is 2.06. The van der Waals surface area contributed by atoms with Gasteiger partial charge in [-0.15, -0.1) is 0 Å². The fourth-order valence-electron chi connectivity index (χ4n) is 1.99. The molecule has 0 heterocycles. The van der Waals surface area contributed by atoms with Crippen LogP contribution in [-0.2, 0) is 4.79 Å². The molecule has 0 bridgehead atoms. The minimum atomic E-state index is -0.292. The lowest BCUT2D eigenvalue weighted by atomic mass is 10.2. The van der Waals surface area contributed by atoms with Crippen LogP contribution in [0.15, 0.2) is 29.3 Å². The van der Waals surface area contributed by atoms with Crippen molar-refractivity contribution in [2.45, 2.75) is 45.8 Å². The summed E-state index contributed by atoms with van der Waals surface area (Å²) in [6, 6.07) is 6.10. The minimum Gasteiger partial charge on any atom is -0.489 e. The first-order valence-corrected chi connectivity index (χ1v) is 8.60. The number of carbonyl (C=O) groups is 1.